The Bertz CT molecular complexity index is 1370. The summed E-state index contributed by atoms with van der Waals surface area (Å²) in [4.78, 5) is 0. The van der Waals surface area contributed by atoms with Gasteiger partial charge >= 0.3 is 0 Å². The van der Waals surface area contributed by atoms with Gasteiger partial charge in [-0.05, 0) is 29.8 Å². The largest absolute Gasteiger partial charge is 0.493 e. The number of hydrogen-bond donors (Lipinski definition) is 0. The van der Waals surface area contributed by atoms with Crippen LogP contribution in [0.3, 0.4) is 0 Å². The predicted octanol–water partition coefficient (Wildman–Crippen LogP) is 7.57. The fourth-order valence-electron chi connectivity index (χ4n) is 4.09. The summed E-state index contributed by atoms with van der Waals surface area (Å²) in [6.07, 6.45) is 1.68. The highest BCUT2D eigenvalue weighted by molar-refractivity contribution is 5.89. The molecule has 5 aromatic rings. The first kappa shape index (κ1) is 21.5. The Morgan fingerprint density at radius 1 is 0.559 bits per heavy atom. The van der Waals surface area contributed by atoms with Crippen molar-refractivity contribution in [2.24, 2.45) is 0 Å². The van der Waals surface area contributed by atoms with Gasteiger partial charge in [-0.1, -0.05) is 60.7 Å². The molecule has 34 heavy (non-hydrogen) atoms. The third kappa shape index (κ3) is 3.82. The van der Waals surface area contributed by atoms with Crippen LogP contribution in [0.4, 0.5) is 0 Å². The molecule has 0 N–H and O–H groups in total. The van der Waals surface area contributed by atoms with Crippen molar-refractivity contribution in [3.63, 3.8) is 0 Å². The van der Waals surface area contributed by atoms with Gasteiger partial charge in [0.1, 0.15) is 17.3 Å². The number of furan rings is 2. The van der Waals surface area contributed by atoms with Gasteiger partial charge in [0.25, 0.3) is 0 Å². The number of hydrogen-bond acceptors (Lipinski definition) is 5. The van der Waals surface area contributed by atoms with Gasteiger partial charge in [-0.2, -0.15) is 0 Å². The van der Waals surface area contributed by atoms with Crippen molar-refractivity contribution in [3.8, 4) is 62.3 Å². The average molecular weight is 453 g/mol. The summed E-state index contributed by atoms with van der Waals surface area (Å²) in [6, 6.07) is 27.8. The molecule has 0 amide bonds. The van der Waals surface area contributed by atoms with Gasteiger partial charge in [-0.15, -0.1) is 0 Å². The zero-order chi connectivity index (χ0) is 23.5. The molecule has 0 saturated heterocycles. The summed E-state index contributed by atoms with van der Waals surface area (Å²) in [5, 5.41) is 0. The molecule has 0 saturated carbocycles. The molecule has 5 heteroatoms. The minimum atomic E-state index is 0.540. The van der Waals surface area contributed by atoms with Gasteiger partial charge < -0.3 is 23.0 Å². The minimum Gasteiger partial charge on any atom is -0.493 e. The molecule has 0 aliphatic heterocycles. The Morgan fingerprint density at radius 3 is 1.76 bits per heavy atom. The second-order valence-corrected chi connectivity index (χ2v) is 7.66. The third-order valence-electron chi connectivity index (χ3n) is 5.71. The number of benzene rings is 3. The zero-order valence-electron chi connectivity index (χ0n) is 19.2. The van der Waals surface area contributed by atoms with Crippen LogP contribution in [0.1, 0.15) is 0 Å². The molecule has 0 aliphatic rings. The molecule has 3 aromatic carbocycles. The van der Waals surface area contributed by atoms with E-state index in [-0.39, 0.29) is 0 Å². The molecule has 0 atom stereocenters. The van der Waals surface area contributed by atoms with E-state index in [4.69, 9.17) is 23.0 Å². The van der Waals surface area contributed by atoms with Crippen molar-refractivity contribution in [3.05, 3.63) is 91.2 Å². The average Bonchev–Trinajstić information content (AvgIpc) is 3.56. The van der Waals surface area contributed by atoms with Crippen molar-refractivity contribution in [1.82, 2.24) is 0 Å². The lowest BCUT2D eigenvalue weighted by atomic mass is 9.99. The van der Waals surface area contributed by atoms with E-state index < -0.39 is 0 Å². The molecule has 0 bridgehead atoms. The minimum absolute atomic E-state index is 0.540. The van der Waals surface area contributed by atoms with E-state index in [1.807, 2.05) is 84.9 Å². The van der Waals surface area contributed by atoms with Crippen LogP contribution < -0.4 is 14.2 Å². The summed E-state index contributed by atoms with van der Waals surface area (Å²) in [6.45, 7) is 0. The Hall–Kier alpha value is -4.38. The van der Waals surface area contributed by atoms with Gasteiger partial charge in [0.15, 0.2) is 11.5 Å². The first-order valence-electron chi connectivity index (χ1n) is 10.9. The monoisotopic (exact) mass is 452 g/mol. The molecule has 0 fully saturated rings. The third-order valence-corrected chi connectivity index (χ3v) is 5.71. The Labute approximate surface area is 198 Å². The Balaban J connectivity index is 1.70. The highest BCUT2D eigenvalue weighted by Crippen LogP contribution is 2.46. The van der Waals surface area contributed by atoms with E-state index in [0.717, 1.165) is 39.3 Å². The highest BCUT2D eigenvalue weighted by atomic mass is 16.5. The van der Waals surface area contributed by atoms with Crippen molar-refractivity contribution in [2.45, 2.75) is 0 Å². The zero-order valence-corrected chi connectivity index (χ0v) is 19.2. The number of methoxy groups -OCH3 is 3. The topological polar surface area (TPSA) is 54.0 Å². The van der Waals surface area contributed by atoms with Crippen LogP contribution in [0.5, 0.6) is 17.2 Å². The van der Waals surface area contributed by atoms with E-state index in [1.165, 1.54) is 0 Å². The lowest BCUT2D eigenvalue weighted by Gasteiger charge is -2.14. The van der Waals surface area contributed by atoms with E-state index in [9.17, 15) is 0 Å². The standard InChI is InChI=1S/C29H24O5/c1-30-25-16-21(17-26(31-2)29(25)32-3)22-14-15-33-28(22)23-18-24(19-10-6-4-7-11-19)34-27(23)20-12-8-5-9-13-20/h4-18H,1-3H3. The smallest absolute Gasteiger partial charge is 0.203 e. The fraction of sp³-hybridized carbons (Fsp3) is 0.103. The second-order valence-electron chi connectivity index (χ2n) is 7.66. The molecular weight excluding hydrogens is 428 g/mol. The summed E-state index contributed by atoms with van der Waals surface area (Å²) in [5.74, 6) is 3.89. The molecule has 170 valence electrons. The van der Waals surface area contributed by atoms with Gasteiger partial charge in [-0.25, -0.2) is 0 Å². The lowest BCUT2D eigenvalue weighted by Crippen LogP contribution is -1.95. The van der Waals surface area contributed by atoms with E-state index in [2.05, 4.69) is 0 Å². The van der Waals surface area contributed by atoms with E-state index in [0.29, 0.717) is 23.0 Å². The molecule has 5 rings (SSSR count). The van der Waals surface area contributed by atoms with Crippen LogP contribution in [0.2, 0.25) is 0 Å². The maximum atomic E-state index is 6.40. The van der Waals surface area contributed by atoms with Crippen LogP contribution in [-0.4, -0.2) is 21.3 Å². The first-order valence-corrected chi connectivity index (χ1v) is 10.9. The summed E-state index contributed by atoms with van der Waals surface area (Å²) in [7, 11) is 4.80. The van der Waals surface area contributed by atoms with Crippen molar-refractivity contribution < 1.29 is 23.0 Å². The maximum Gasteiger partial charge on any atom is 0.203 e. The van der Waals surface area contributed by atoms with Gasteiger partial charge in [0.05, 0.1) is 33.2 Å². The molecule has 2 aromatic heterocycles. The molecule has 0 spiro atoms. The summed E-state index contributed by atoms with van der Waals surface area (Å²) in [5.41, 5.74) is 4.58. The normalized spacial score (nSPS) is 10.8. The summed E-state index contributed by atoms with van der Waals surface area (Å²) < 4.78 is 29.1. The quantitative estimate of drug-likeness (QED) is 0.255. The lowest BCUT2D eigenvalue weighted by molar-refractivity contribution is 0.324. The van der Waals surface area contributed by atoms with Crippen molar-refractivity contribution in [2.75, 3.05) is 21.3 Å². The van der Waals surface area contributed by atoms with Crippen LogP contribution >= 0.6 is 0 Å². The summed E-state index contributed by atoms with van der Waals surface area (Å²) >= 11 is 0. The SMILES string of the molecule is COc1cc(-c2ccoc2-c2cc(-c3ccccc3)oc2-c2ccccc2)cc(OC)c1OC. The highest BCUT2D eigenvalue weighted by Gasteiger charge is 2.23. The van der Waals surface area contributed by atoms with Crippen LogP contribution in [0.25, 0.3) is 45.1 Å². The molecule has 2 heterocycles. The Morgan fingerprint density at radius 2 is 1.18 bits per heavy atom. The second kappa shape index (κ2) is 9.24. The number of ether oxygens (including phenoxy) is 3. The van der Waals surface area contributed by atoms with E-state index in [1.54, 1.807) is 27.6 Å². The molecule has 5 nitrogen and oxygen atoms in total. The van der Waals surface area contributed by atoms with Crippen LogP contribution in [0, 0.1) is 0 Å². The van der Waals surface area contributed by atoms with Crippen molar-refractivity contribution >= 4 is 0 Å². The van der Waals surface area contributed by atoms with Gasteiger partial charge in [0.2, 0.25) is 5.75 Å². The molecule has 0 radical (unpaired) electrons. The van der Waals surface area contributed by atoms with Crippen LogP contribution in [-0.2, 0) is 0 Å². The van der Waals surface area contributed by atoms with E-state index >= 15 is 0 Å². The van der Waals surface area contributed by atoms with Gasteiger partial charge in [-0.3, -0.25) is 0 Å². The maximum absolute atomic E-state index is 6.40. The first-order chi connectivity index (χ1) is 16.7. The Kier molecular flexibility index (Phi) is 5.83. The number of rotatable bonds is 7. The van der Waals surface area contributed by atoms with Gasteiger partial charge in [0, 0.05) is 16.7 Å². The predicted molar refractivity (Wildman–Crippen MR) is 132 cm³/mol. The van der Waals surface area contributed by atoms with Crippen LogP contribution in [0.15, 0.2) is 100 Å². The molecular formula is C29H24O5. The van der Waals surface area contributed by atoms with Crippen molar-refractivity contribution in [1.29, 1.82) is 0 Å². The molecule has 0 aliphatic carbocycles. The fourth-order valence-corrected chi connectivity index (χ4v) is 4.09. The molecule has 0 unspecified atom stereocenters.